The highest BCUT2D eigenvalue weighted by Gasteiger charge is 2.55. The number of alkyl halides is 1. The summed E-state index contributed by atoms with van der Waals surface area (Å²) in [6.45, 7) is 1.72. The van der Waals surface area contributed by atoms with Gasteiger partial charge < -0.3 is 4.74 Å². The molecule has 0 aromatic rings. The van der Waals surface area contributed by atoms with Gasteiger partial charge >= 0.3 is 5.97 Å². The summed E-state index contributed by atoms with van der Waals surface area (Å²) in [4.78, 5) is 12.2. The normalized spacial score (nSPS) is 46.8. The van der Waals surface area contributed by atoms with E-state index in [0.717, 1.165) is 37.0 Å². The molecular weight excluding hydrogens is 224 g/mol. The number of hydrogen-bond acceptors (Lipinski definition) is 2. The summed E-state index contributed by atoms with van der Waals surface area (Å²) in [5.74, 6) is 2.33. The highest BCUT2D eigenvalue weighted by molar-refractivity contribution is 6.20. The van der Waals surface area contributed by atoms with Crippen molar-refractivity contribution in [3.63, 3.8) is 0 Å². The topological polar surface area (TPSA) is 26.3 Å². The van der Waals surface area contributed by atoms with Gasteiger partial charge in [0.25, 0.3) is 0 Å². The van der Waals surface area contributed by atoms with Crippen molar-refractivity contribution in [1.82, 2.24) is 0 Å². The van der Waals surface area contributed by atoms with E-state index in [2.05, 4.69) is 0 Å². The van der Waals surface area contributed by atoms with Crippen LogP contribution < -0.4 is 0 Å². The van der Waals surface area contributed by atoms with Gasteiger partial charge in [0.15, 0.2) is 5.56 Å². The largest absolute Gasteiger partial charge is 0.446 e. The molecule has 2 nitrogen and oxygen atoms in total. The van der Waals surface area contributed by atoms with Crippen LogP contribution in [0.5, 0.6) is 0 Å². The molecule has 0 saturated heterocycles. The van der Waals surface area contributed by atoms with E-state index in [-0.39, 0.29) is 11.4 Å². The fourth-order valence-electron chi connectivity index (χ4n) is 4.63. The standard InChI is InChI=1S/C13H19ClO2/c1-8(14)16-12(15)13-5-9-2-10(6-13)4-11(3-9)7-13/h8-11H,2-7H2,1H3. The molecule has 0 aromatic heterocycles. The molecule has 0 spiro atoms. The van der Waals surface area contributed by atoms with Crippen molar-refractivity contribution < 1.29 is 9.53 Å². The molecule has 4 rings (SSSR count). The molecule has 0 radical (unpaired) electrons. The lowest BCUT2D eigenvalue weighted by molar-refractivity contribution is -0.172. The Labute approximate surface area is 102 Å². The van der Waals surface area contributed by atoms with E-state index >= 15 is 0 Å². The van der Waals surface area contributed by atoms with Crippen LogP contribution in [0.3, 0.4) is 0 Å². The van der Waals surface area contributed by atoms with Gasteiger partial charge in [-0.3, -0.25) is 4.79 Å². The zero-order valence-corrected chi connectivity index (χ0v) is 10.5. The molecule has 4 bridgehead atoms. The number of rotatable bonds is 2. The Morgan fingerprint density at radius 2 is 1.62 bits per heavy atom. The van der Waals surface area contributed by atoms with E-state index in [1.54, 1.807) is 6.92 Å². The SMILES string of the molecule is CC(Cl)OC(=O)C12CC3CC(CC(C3)C1)C2. The summed E-state index contributed by atoms with van der Waals surface area (Å²) in [6, 6.07) is 0. The number of ether oxygens (including phenoxy) is 1. The van der Waals surface area contributed by atoms with Gasteiger partial charge in [-0.05, 0) is 63.2 Å². The molecule has 4 aliphatic carbocycles. The minimum absolute atomic E-state index is 0.0194. The van der Waals surface area contributed by atoms with Crippen molar-refractivity contribution >= 4 is 17.6 Å². The van der Waals surface area contributed by atoms with Gasteiger partial charge in [0.2, 0.25) is 0 Å². The molecule has 3 heteroatoms. The monoisotopic (exact) mass is 242 g/mol. The van der Waals surface area contributed by atoms with Crippen molar-refractivity contribution in [3.05, 3.63) is 0 Å². The summed E-state index contributed by atoms with van der Waals surface area (Å²) in [7, 11) is 0. The average Bonchev–Trinajstić information content (AvgIpc) is 2.13. The summed E-state index contributed by atoms with van der Waals surface area (Å²) in [5, 5.41) is 0. The lowest BCUT2D eigenvalue weighted by atomic mass is 9.49. The third-order valence-electron chi connectivity index (χ3n) is 4.74. The first-order valence-corrected chi connectivity index (χ1v) is 6.86. The molecule has 4 aliphatic rings. The lowest BCUT2D eigenvalue weighted by Crippen LogP contribution is -2.50. The van der Waals surface area contributed by atoms with Gasteiger partial charge in [-0.15, -0.1) is 0 Å². The Morgan fingerprint density at radius 1 is 1.19 bits per heavy atom. The Balaban J connectivity index is 1.80. The Hall–Kier alpha value is -0.240. The second kappa shape index (κ2) is 3.63. The first-order valence-electron chi connectivity index (χ1n) is 6.42. The van der Waals surface area contributed by atoms with E-state index in [1.807, 2.05) is 0 Å². The molecule has 0 N–H and O–H groups in total. The smallest absolute Gasteiger partial charge is 0.313 e. The van der Waals surface area contributed by atoms with Crippen LogP contribution >= 0.6 is 11.6 Å². The van der Waals surface area contributed by atoms with Crippen molar-refractivity contribution in [2.24, 2.45) is 23.2 Å². The highest BCUT2D eigenvalue weighted by atomic mass is 35.5. The first kappa shape index (κ1) is 10.9. The van der Waals surface area contributed by atoms with Crippen LogP contribution in [0.2, 0.25) is 0 Å². The maximum Gasteiger partial charge on any atom is 0.313 e. The Morgan fingerprint density at radius 3 is 2.00 bits per heavy atom. The van der Waals surface area contributed by atoms with E-state index in [0.29, 0.717) is 0 Å². The molecule has 90 valence electrons. The predicted octanol–water partition coefficient (Wildman–Crippen LogP) is 3.33. The Bertz CT molecular complexity index is 276. The van der Waals surface area contributed by atoms with E-state index in [9.17, 15) is 4.79 Å². The fourth-order valence-corrected chi connectivity index (χ4v) is 4.71. The third-order valence-corrected chi connectivity index (χ3v) is 4.83. The molecule has 0 heterocycles. The molecule has 0 aliphatic heterocycles. The minimum Gasteiger partial charge on any atom is -0.446 e. The van der Waals surface area contributed by atoms with Crippen LogP contribution in [-0.4, -0.2) is 11.5 Å². The van der Waals surface area contributed by atoms with Crippen LogP contribution in [0.4, 0.5) is 0 Å². The van der Waals surface area contributed by atoms with Gasteiger partial charge in [-0.2, -0.15) is 0 Å². The maximum atomic E-state index is 12.2. The fraction of sp³-hybridized carbons (Fsp3) is 0.923. The first-order chi connectivity index (χ1) is 7.57. The minimum atomic E-state index is -0.486. The molecule has 1 atom stereocenters. The van der Waals surface area contributed by atoms with Crippen LogP contribution in [0.25, 0.3) is 0 Å². The molecule has 1 unspecified atom stereocenters. The zero-order chi connectivity index (χ0) is 11.3. The van der Waals surface area contributed by atoms with Crippen molar-refractivity contribution in [3.8, 4) is 0 Å². The second-order valence-electron chi connectivity index (χ2n) is 6.15. The second-order valence-corrected chi connectivity index (χ2v) is 6.76. The highest BCUT2D eigenvalue weighted by Crippen LogP contribution is 2.60. The molecule has 0 amide bonds. The van der Waals surface area contributed by atoms with E-state index in [1.165, 1.54) is 19.3 Å². The zero-order valence-electron chi connectivity index (χ0n) is 9.75. The number of hydrogen-bond donors (Lipinski definition) is 0. The van der Waals surface area contributed by atoms with E-state index in [4.69, 9.17) is 16.3 Å². The Kier molecular flexibility index (Phi) is 2.47. The third kappa shape index (κ3) is 1.66. The van der Waals surface area contributed by atoms with Gasteiger partial charge in [-0.25, -0.2) is 0 Å². The number of carbonyl (C=O) groups excluding carboxylic acids is 1. The van der Waals surface area contributed by atoms with Gasteiger partial charge in [0, 0.05) is 0 Å². The van der Waals surface area contributed by atoms with Crippen LogP contribution in [0.1, 0.15) is 45.4 Å². The lowest BCUT2D eigenvalue weighted by Gasteiger charge is -2.55. The van der Waals surface area contributed by atoms with Crippen molar-refractivity contribution in [2.75, 3.05) is 0 Å². The predicted molar refractivity (Wildman–Crippen MR) is 62.0 cm³/mol. The van der Waals surface area contributed by atoms with Crippen molar-refractivity contribution in [2.45, 2.75) is 51.0 Å². The summed E-state index contributed by atoms with van der Waals surface area (Å²) < 4.78 is 5.26. The molecular formula is C13H19ClO2. The van der Waals surface area contributed by atoms with Gasteiger partial charge in [-0.1, -0.05) is 11.6 Å². The number of halogens is 1. The molecule has 4 saturated carbocycles. The van der Waals surface area contributed by atoms with Gasteiger partial charge in [0.05, 0.1) is 5.41 Å². The van der Waals surface area contributed by atoms with Crippen LogP contribution in [-0.2, 0) is 9.53 Å². The summed E-state index contributed by atoms with van der Waals surface area (Å²) in [6.07, 6.45) is 7.22. The number of esters is 1. The summed E-state index contributed by atoms with van der Waals surface area (Å²) in [5.41, 5.74) is -0.641. The maximum absolute atomic E-state index is 12.2. The van der Waals surface area contributed by atoms with Crippen LogP contribution in [0.15, 0.2) is 0 Å². The molecule has 4 fully saturated rings. The number of carbonyl (C=O) groups is 1. The molecule has 16 heavy (non-hydrogen) atoms. The van der Waals surface area contributed by atoms with Crippen molar-refractivity contribution in [1.29, 1.82) is 0 Å². The molecule has 0 aromatic carbocycles. The average molecular weight is 243 g/mol. The van der Waals surface area contributed by atoms with Gasteiger partial charge in [0.1, 0.15) is 0 Å². The summed E-state index contributed by atoms with van der Waals surface area (Å²) >= 11 is 5.77. The van der Waals surface area contributed by atoms with E-state index < -0.39 is 5.56 Å². The quantitative estimate of drug-likeness (QED) is 0.549. The van der Waals surface area contributed by atoms with Crippen LogP contribution in [0, 0.1) is 23.2 Å².